The summed E-state index contributed by atoms with van der Waals surface area (Å²) in [6.07, 6.45) is 2.06. The fourth-order valence-electron chi connectivity index (χ4n) is 3.42. The van der Waals surface area contributed by atoms with E-state index < -0.39 is 0 Å². The Hall–Kier alpha value is -2.65. The highest BCUT2D eigenvalue weighted by Gasteiger charge is 2.21. The number of Topliss-reactive ketones (excluding diaryl/α,β-unsaturated/α-hetero) is 1. The third-order valence-corrected chi connectivity index (χ3v) is 5.04. The van der Waals surface area contributed by atoms with Crippen LogP contribution in [0.4, 0.5) is 0 Å². The Balaban J connectivity index is 1.97. The van der Waals surface area contributed by atoms with Crippen molar-refractivity contribution in [2.75, 3.05) is 6.61 Å². The molecule has 0 fully saturated rings. The molecule has 0 spiro atoms. The number of hydrogen-bond acceptors (Lipinski definition) is 3. The van der Waals surface area contributed by atoms with Gasteiger partial charge in [-0.3, -0.25) is 9.78 Å². The maximum Gasteiger partial charge on any atom is 0.163 e. The Bertz CT molecular complexity index is 967. The molecule has 0 saturated carbocycles. The summed E-state index contributed by atoms with van der Waals surface area (Å²) in [4.78, 5) is 17.2. The van der Waals surface area contributed by atoms with Gasteiger partial charge in [0.2, 0.25) is 0 Å². The summed E-state index contributed by atoms with van der Waals surface area (Å²) >= 11 is 6.15. The molecule has 144 valence electrons. The van der Waals surface area contributed by atoms with Crippen LogP contribution < -0.4 is 4.74 Å². The summed E-state index contributed by atoms with van der Waals surface area (Å²) in [7, 11) is 0. The van der Waals surface area contributed by atoms with Crippen molar-refractivity contribution in [3.05, 3.63) is 93.8 Å². The van der Waals surface area contributed by atoms with Gasteiger partial charge in [0.15, 0.2) is 5.78 Å². The zero-order valence-electron chi connectivity index (χ0n) is 16.4. The van der Waals surface area contributed by atoms with E-state index in [-0.39, 0.29) is 11.7 Å². The van der Waals surface area contributed by atoms with Gasteiger partial charge < -0.3 is 4.74 Å². The highest BCUT2D eigenvalue weighted by Crippen LogP contribution is 2.33. The number of rotatable bonds is 7. The normalized spacial score (nSPS) is 11.9. The molecule has 0 bridgehead atoms. The third kappa shape index (κ3) is 4.79. The molecule has 0 aliphatic carbocycles. The zero-order chi connectivity index (χ0) is 20.1. The van der Waals surface area contributed by atoms with Gasteiger partial charge in [0.1, 0.15) is 5.75 Å². The molecule has 0 unspecified atom stereocenters. The average molecular weight is 394 g/mol. The number of aryl methyl sites for hydroxylation is 2. The monoisotopic (exact) mass is 393 g/mol. The first-order chi connectivity index (χ1) is 13.5. The van der Waals surface area contributed by atoms with Gasteiger partial charge >= 0.3 is 0 Å². The van der Waals surface area contributed by atoms with Crippen LogP contribution in [0.15, 0.2) is 60.8 Å². The maximum atomic E-state index is 13.0. The summed E-state index contributed by atoms with van der Waals surface area (Å²) in [5, 5.41) is 0.697. The lowest BCUT2D eigenvalue weighted by Crippen LogP contribution is -2.11. The second kappa shape index (κ2) is 9.03. The SMILES string of the molecule is CCOc1ccc([C@H](CC(=O)c2ccnc(C)c2)c2ccc(Cl)cc2C)cc1. The second-order valence-electron chi connectivity index (χ2n) is 6.87. The summed E-state index contributed by atoms with van der Waals surface area (Å²) in [6, 6.07) is 17.4. The second-order valence-corrected chi connectivity index (χ2v) is 7.31. The van der Waals surface area contributed by atoms with Crippen molar-refractivity contribution >= 4 is 17.4 Å². The van der Waals surface area contributed by atoms with E-state index in [4.69, 9.17) is 16.3 Å². The van der Waals surface area contributed by atoms with Gasteiger partial charge in [-0.05, 0) is 73.9 Å². The molecule has 0 N–H and O–H groups in total. The number of benzene rings is 2. The fourth-order valence-corrected chi connectivity index (χ4v) is 3.65. The van der Waals surface area contributed by atoms with Crippen LogP contribution in [0.2, 0.25) is 5.02 Å². The molecule has 0 amide bonds. The van der Waals surface area contributed by atoms with Crippen molar-refractivity contribution in [2.45, 2.75) is 33.1 Å². The molecule has 1 aromatic heterocycles. The first-order valence-corrected chi connectivity index (χ1v) is 9.80. The zero-order valence-corrected chi connectivity index (χ0v) is 17.2. The number of nitrogens with zero attached hydrogens (tertiary/aromatic N) is 1. The summed E-state index contributed by atoms with van der Waals surface area (Å²) in [6.45, 7) is 6.51. The van der Waals surface area contributed by atoms with Crippen LogP contribution in [-0.2, 0) is 0 Å². The predicted molar refractivity (Wildman–Crippen MR) is 114 cm³/mol. The molecule has 0 saturated heterocycles. The van der Waals surface area contributed by atoms with Gasteiger partial charge in [-0.1, -0.05) is 29.8 Å². The van der Waals surface area contributed by atoms with E-state index in [0.717, 1.165) is 28.1 Å². The van der Waals surface area contributed by atoms with Crippen molar-refractivity contribution in [1.82, 2.24) is 4.98 Å². The lowest BCUT2D eigenvalue weighted by molar-refractivity contribution is 0.0977. The minimum atomic E-state index is -0.0612. The van der Waals surface area contributed by atoms with Gasteiger partial charge in [0, 0.05) is 34.8 Å². The van der Waals surface area contributed by atoms with Gasteiger partial charge in [-0.25, -0.2) is 0 Å². The van der Waals surface area contributed by atoms with E-state index in [1.807, 2.05) is 69.3 Å². The molecule has 3 rings (SSSR count). The Morgan fingerprint density at radius 1 is 1.07 bits per heavy atom. The van der Waals surface area contributed by atoms with Crippen LogP contribution in [0.5, 0.6) is 5.75 Å². The molecule has 0 radical (unpaired) electrons. The average Bonchev–Trinajstić information content (AvgIpc) is 2.67. The van der Waals surface area contributed by atoms with Gasteiger partial charge in [-0.2, -0.15) is 0 Å². The Labute approximate surface area is 171 Å². The minimum Gasteiger partial charge on any atom is -0.494 e. The third-order valence-electron chi connectivity index (χ3n) is 4.81. The van der Waals surface area contributed by atoms with E-state index in [1.165, 1.54) is 0 Å². The van der Waals surface area contributed by atoms with E-state index >= 15 is 0 Å². The van der Waals surface area contributed by atoms with Crippen LogP contribution in [0.3, 0.4) is 0 Å². The van der Waals surface area contributed by atoms with Crippen molar-refractivity contribution in [1.29, 1.82) is 0 Å². The summed E-state index contributed by atoms with van der Waals surface area (Å²) < 4.78 is 5.56. The van der Waals surface area contributed by atoms with Crippen LogP contribution in [0.25, 0.3) is 0 Å². The van der Waals surface area contributed by atoms with E-state index in [0.29, 0.717) is 23.6 Å². The van der Waals surface area contributed by atoms with Gasteiger partial charge in [0.25, 0.3) is 0 Å². The van der Waals surface area contributed by atoms with E-state index in [1.54, 1.807) is 12.3 Å². The van der Waals surface area contributed by atoms with Crippen LogP contribution >= 0.6 is 11.6 Å². The largest absolute Gasteiger partial charge is 0.494 e. The quantitative estimate of drug-likeness (QED) is 0.451. The van der Waals surface area contributed by atoms with Crippen LogP contribution in [-0.4, -0.2) is 17.4 Å². The molecule has 4 heteroatoms. The molecule has 3 nitrogen and oxygen atoms in total. The topological polar surface area (TPSA) is 39.2 Å². The number of halogens is 1. The van der Waals surface area contributed by atoms with Crippen molar-refractivity contribution in [3.63, 3.8) is 0 Å². The number of hydrogen-bond donors (Lipinski definition) is 0. The summed E-state index contributed by atoms with van der Waals surface area (Å²) in [5.41, 5.74) is 4.78. The highest BCUT2D eigenvalue weighted by atomic mass is 35.5. The number of pyridine rings is 1. The fraction of sp³-hybridized carbons (Fsp3) is 0.250. The van der Waals surface area contributed by atoms with Crippen molar-refractivity contribution < 1.29 is 9.53 Å². The smallest absolute Gasteiger partial charge is 0.163 e. The highest BCUT2D eigenvalue weighted by molar-refractivity contribution is 6.30. The molecule has 2 aromatic carbocycles. The van der Waals surface area contributed by atoms with Gasteiger partial charge in [0.05, 0.1) is 6.61 Å². The molecular weight excluding hydrogens is 370 g/mol. The van der Waals surface area contributed by atoms with E-state index in [9.17, 15) is 4.79 Å². The number of ketones is 1. The van der Waals surface area contributed by atoms with Crippen molar-refractivity contribution in [3.8, 4) is 5.75 Å². The lowest BCUT2D eigenvalue weighted by atomic mass is 9.84. The number of ether oxygens (including phenoxy) is 1. The predicted octanol–water partition coefficient (Wildman–Crippen LogP) is 6.16. The first kappa shape index (κ1) is 20.1. The first-order valence-electron chi connectivity index (χ1n) is 9.42. The summed E-state index contributed by atoms with van der Waals surface area (Å²) in [5.74, 6) is 0.863. The molecule has 0 aliphatic heterocycles. The molecular formula is C24H24ClNO2. The standard InChI is InChI=1S/C24H24ClNO2/c1-4-28-21-8-5-18(6-9-21)23(22-10-7-20(25)13-16(22)2)15-24(27)19-11-12-26-17(3)14-19/h5-14,23H,4,15H2,1-3H3/t23-/m0/s1. The Kier molecular flexibility index (Phi) is 6.48. The van der Waals surface area contributed by atoms with Crippen molar-refractivity contribution in [2.24, 2.45) is 0 Å². The Morgan fingerprint density at radius 3 is 2.46 bits per heavy atom. The molecule has 3 aromatic rings. The molecule has 1 heterocycles. The van der Waals surface area contributed by atoms with Gasteiger partial charge in [-0.15, -0.1) is 0 Å². The lowest BCUT2D eigenvalue weighted by Gasteiger charge is -2.20. The minimum absolute atomic E-state index is 0.0612. The Morgan fingerprint density at radius 2 is 1.82 bits per heavy atom. The number of aromatic nitrogens is 1. The molecule has 1 atom stereocenters. The van der Waals surface area contributed by atoms with E-state index in [2.05, 4.69) is 4.98 Å². The van der Waals surface area contributed by atoms with Crippen LogP contribution in [0, 0.1) is 13.8 Å². The molecule has 28 heavy (non-hydrogen) atoms. The van der Waals surface area contributed by atoms with Crippen LogP contribution in [0.1, 0.15) is 52.0 Å². The molecule has 0 aliphatic rings. The maximum absolute atomic E-state index is 13.0. The number of carbonyl (C=O) groups is 1. The number of carbonyl (C=O) groups excluding carboxylic acids is 1.